The molecule has 0 bridgehead atoms. The van der Waals surface area contributed by atoms with E-state index >= 15 is 0 Å². The molecule has 0 aromatic carbocycles. The van der Waals surface area contributed by atoms with Crippen molar-refractivity contribution in [1.82, 2.24) is 24.7 Å². The van der Waals surface area contributed by atoms with Gasteiger partial charge in [-0.3, -0.25) is 9.51 Å². The van der Waals surface area contributed by atoms with E-state index in [0.717, 1.165) is 11.3 Å². The molecule has 9 heteroatoms. The number of nitrogens with zero attached hydrogens (tertiary/aromatic N) is 5. The van der Waals surface area contributed by atoms with Crippen molar-refractivity contribution in [2.45, 2.75) is 20.4 Å². The summed E-state index contributed by atoms with van der Waals surface area (Å²) in [6.45, 7) is 3.76. The lowest BCUT2D eigenvalue weighted by Gasteiger charge is -2.04. The van der Waals surface area contributed by atoms with Crippen LogP contribution in [-0.4, -0.2) is 24.7 Å². The Bertz CT molecular complexity index is 1130. The fourth-order valence-corrected chi connectivity index (χ4v) is 2.63. The predicted molar refractivity (Wildman–Crippen MR) is 88.8 cm³/mol. The summed E-state index contributed by atoms with van der Waals surface area (Å²) in [4.78, 5) is 24.8. The number of aromatic nitrogens is 5. The van der Waals surface area contributed by atoms with Gasteiger partial charge in [0.2, 0.25) is 11.5 Å². The van der Waals surface area contributed by atoms with E-state index in [0.29, 0.717) is 34.3 Å². The predicted octanol–water partition coefficient (Wildman–Crippen LogP) is 1.68. The van der Waals surface area contributed by atoms with Crippen LogP contribution in [0.4, 0.5) is 5.82 Å². The normalized spacial score (nSPS) is 11.3. The van der Waals surface area contributed by atoms with Gasteiger partial charge in [0.25, 0.3) is 0 Å². The summed E-state index contributed by atoms with van der Waals surface area (Å²) in [6.07, 6.45) is 1.60. The standard InChI is InChI=1S/C16H14N6O3/c1-8-9(2)24-15-12(8)13(17)19-11(20-15)7-22-14(21-25-16(22)23)10-5-3-4-6-18-10/h3-6H,7H2,1-2H3,(H2,17,19,20). The summed E-state index contributed by atoms with van der Waals surface area (Å²) in [7, 11) is 0. The van der Waals surface area contributed by atoms with Crippen LogP contribution < -0.4 is 11.5 Å². The second kappa shape index (κ2) is 5.55. The molecule has 0 aliphatic rings. The van der Waals surface area contributed by atoms with Gasteiger partial charge in [-0.05, 0) is 26.0 Å². The number of nitrogen functional groups attached to an aromatic ring is 1. The van der Waals surface area contributed by atoms with E-state index in [9.17, 15) is 4.79 Å². The minimum absolute atomic E-state index is 0.0349. The molecule has 0 spiro atoms. The molecule has 0 amide bonds. The summed E-state index contributed by atoms with van der Waals surface area (Å²) >= 11 is 0. The summed E-state index contributed by atoms with van der Waals surface area (Å²) in [6, 6.07) is 5.29. The molecule has 4 rings (SSSR count). The Labute approximate surface area is 141 Å². The highest BCUT2D eigenvalue weighted by Gasteiger charge is 2.18. The molecule has 0 radical (unpaired) electrons. The average molecular weight is 338 g/mol. The highest BCUT2D eigenvalue weighted by molar-refractivity contribution is 5.88. The summed E-state index contributed by atoms with van der Waals surface area (Å²) in [5, 5.41) is 4.47. The van der Waals surface area contributed by atoms with Gasteiger partial charge in [-0.15, -0.1) is 0 Å². The summed E-state index contributed by atoms with van der Waals surface area (Å²) < 4.78 is 11.7. The number of fused-ring (bicyclic) bond motifs is 1. The maximum Gasteiger partial charge on any atom is 0.442 e. The zero-order valence-electron chi connectivity index (χ0n) is 13.6. The van der Waals surface area contributed by atoms with Crippen LogP contribution in [-0.2, 0) is 6.54 Å². The molecule has 126 valence electrons. The third-order valence-corrected chi connectivity index (χ3v) is 3.98. The molecule has 0 atom stereocenters. The molecule has 9 nitrogen and oxygen atoms in total. The van der Waals surface area contributed by atoms with Gasteiger partial charge < -0.3 is 10.2 Å². The number of anilines is 1. The minimum atomic E-state index is -0.630. The Morgan fingerprint density at radius 2 is 2.08 bits per heavy atom. The monoisotopic (exact) mass is 338 g/mol. The van der Waals surface area contributed by atoms with Gasteiger partial charge in [-0.1, -0.05) is 11.2 Å². The third kappa shape index (κ3) is 2.45. The first-order valence-electron chi connectivity index (χ1n) is 7.54. The molecule has 2 N–H and O–H groups in total. The van der Waals surface area contributed by atoms with E-state index in [1.54, 1.807) is 24.4 Å². The van der Waals surface area contributed by atoms with Crippen molar-refractivity contribution in [3.63, 3.8) is 0 Å². The van der Waals surface area contributed by atoms with E-state index in [2.05, 4.69) is 20.1 Å². The number of aryl methyl sites for hydroxylation is 2. The van der Waals surface area contributed by atoms with Crippen LogP contribution in [0.15, 0.2) is 38.1 Å². The Kier molecular flexibility index (Phi) is 3.34. The Morgan fingerprint density at radius 3 is 2.84 bits per heavy atom. The van der Waals surface area contributed by atoms with Crippen molar-refractivity contribution in [3.05, 3.63) is 52.1 Å². The van der Waals surface area contributed by atoms with Gasteiger partial charge in [0, 0.05) is 11.8 Å². The molecule has 0 unspecified atom stereocenters. The average Bonchev–Trinajstić information content (AvgIpc) is 3.09. The van der Waals surface area contributed by atoms with E-state index in [1.807, 2.05) is 13.8 Å². The Balaban J connectivity index is 1.80. The van der Waals surface area contributed by atoms with Crippen LogP contribution in [0.25, 0.3) is 22.6 Å². The molecule has 25 heavy (non-hydrogen) atoms. The minimum Gasteiger partial charge on any atom is -0.443 e. The molecular formula is C16H14N6O3. The number of nitrogens with two attached hydrogens (primary N) is 1. The quantitative estimate of drug-likeness (QED) is 0.598. The smallest absolute Gasteiger partial charge is 0.442 e. The van der Waals surface area contributed by atoms with E-state index in [4.69, 9.17) is 14.7 Å². The topological polar surface area (TPSA) is 126 Å². The molecule has 0 saturated heterocycles. The Hall–Kier alpha value is -3.49. The first kappa shape index (κ1) is 15.1. The van der Waals surface area contributed by atoms with Gasteiger partial charge in [0.1, 0.15) is 17.3 Å². The van der Waals surface area contributed by atoms with Gasteiger partial charge >= 0.3 is 5.76 Å². The third-order valence-electron chi connectivity index (χ3n) is 3.98. The highest BCUT2D eigenvalue weighted by Crippen LogP contribution is 2.27. The van der Waals surface area contributed by atoms with Crippen molar-refractivity contribution >= 4 is 16.9 Å². The molecule has 4 heterocycles. The van der Waals surface area contributed by atoms with Crippen molar-refractivity contribution in [2.75, 3.05) is 5.73 Å². The maximum atomic E-state index is 12.0. The van der Waals surface area contributed by atoms with Crippen molar-refractivity contribution < 1.29 is 8.94 Å². The number of hydrogen-bond donors (Lipinski definition) is 1. The zero-order chi connectivity index (χ0) is 17.6. The molecular weight excluding hydrogens is 324 g/mol. The number of pyridine rings is 1. The largest absolute Gasteiger partial charge is 0.443 e. The first-order chi connectivity index (χ1) is 12.0. The van der Waals surface area contributed by atoms with Crippen LogP contribution in [0.2, 0.25) is 0 Å². The molecule has 0 aliphatic heterocycles. The molecule has 4 aromatic rings. The SMILES string of the molecule is Cc1oc2nc(Cn3c(-c4ccccn4)noc3=O)nc(N)c2c1C. The van der Waals surface area contributed by atoms with Gasteiger partial charge in [0.05, 0.1) is 11.9 Å². The zero-order valence-corrected chi connectivity index (χ0v) is 13.6. The lowest BCUT2D eigenvalue weighted by atomic mass is 10.2. The van der Waals surface area contributed by atoms with Crippen molar-refractivity contribution in [3.8, 4) is 11.5 Å². The van der Waals surface area contributed by atoms with Crippen molar-refractivity contribution in [1.29, 1.82) is 0 Å². The lowest BCUT2D eigenvalue weighted by molar-refractivity contribution is 0.377. The van der Waals surface area contributed by atoms with Crippen LogP contribution in [0.3, 0.4) is 0 Å². The fraction of sp³-hybridized carbons (Fsp3) is 0.188. The Morgan fingerprint density at radius 1 is 1.24 bits per heavy atom. The van der Waals surface area contributed by atoms with E-state index in [-0.39, 0.29) is 6.54 Å². The van der Waals surface area contributed by atoms with Crippen LogP contribution >= 0.6 is 0 Å². The van der Waals surface area contributed by atoms with Gasteiger partial charge in [-0.25, -0.2) is 14.3 Å². The molecule has 4 aromatic heterocycles. The summed E-state index contributed by atoms with van der Waals surface area (Å²) in [5.74, 6) is 1.01. The second-order valence-electron chi connectivity index (χ2n) is 5.56. The van der Waals surface area contributed by atoms with E-state index in [1.165, 1.54) is 4.57 Å². The van der Waals surface area contributed by atoms with Crippen LogP contribution in [0.5, 0.6) is 0 Å². The molecule has 0 fully saturated rings. The van der Waals surface area contributed by atoms with Gasteiger partial charge in [-0.2, -0.15) is 4.98 Å². The number of furan rings is 1. The first-order valence-corrected chi connectivity index (χ1v) is 7.54. The van der Waals surface area contributed by atoms with E-state index < -0.39 is 5.76 Å². The summed E-state index contributed by atoms with van der Waals surface area (Å²) in [5.41, 5.74) is 7.83. The highest BCUT2D eigenvalue weighted by atomic mass is 16.5. The second-order valence-corrected chi connectivity index (χ2v) is 5.56. The lowest BCUT2D eigenvalue weighted by Crippen LogP contribution is -2.18. The van der Waals surface area contributed by atoms with Crippen molar-refractivity contribution in [2.24, 2.45) is 0 Å². The molecule has 0 aliphatic carbocycles. The molecule has 0 saturated carbocycles. The number of hydrogen-bond acceptors (Lipinski definition) is 8. The van der Waals surface area contributed by atoms with Crippen LogP contribution in [0, 0.1) is 13.8 Å². The van der Waals surface area contributed by atoms with Gasteiger partial charge in [0.15, 0.2) is 5.82 Å². The fourth-order valence-electron chi connectivity index (χ4n) is 2.63. The number of rotatable bonds is 3. The maximum absolute atomic E-state index is 12.0. The van der Waals surface area contributed by atoms with Crippen LogP contribution in [0.1, 0.15) is 17.1 Å².